The number of nitrogens with one attached hydrogen (secondary N) is 3. The quantitative estimate of drug-likeness (QED) is 0.786. The largest absolute Gasteiger partial charge is 0.492 e. The van der Waals surface area contributed by atoms with Gasteiger partial charge in [0.25, 0.3) is 5.91 Å². The van der Waals surface area contributed by atoms with Crippen molar-refractivity contribution < 1.29 is 9.53 Å². The Bertz CT molecular complexity index is 703. The number of benzene rings is 1. The molecule has 23 heavy (non-hydrogen) atoms. The average Bonchev–Trinajstić information content (AvgIpc) is 2.94. The second-order valence-electron chi connectivity index (χ2n) is 4.98. The third kappa shape index (κ3) is 3.77. The van der Waals surface area contributed by atoms with E-state index in [9.17, 15) is 4.79 Å². The number of fused-ring (bicyclic) bond motifs is 1. The number of carbonyl (C=O) groups is 1. The number of rotatable bonds is 4. The summed E-state index contributed by atoms with van der Waals surface area (Å²) < 4.78 is 5.51. The van der Waals surface area contributed by atoms with Gasteiger partial charge in [-0.3, -0.25) is 9.89 Å². The Morgan fingerprint density at radius 2 is 2.30 bits per heavy atom. The highest BCUT2D eigenvalue weighted by atomic mass is 35.5. The van der Waals surface area contributed by atoms with Gasteiger partial charge >= 0.3 is 0 Å². The number of nitrogens with zero attached hydrogens (tertiary/aromatic N) is 1. The standard InChI is InChI=1S/C15H17ClN4O2.ClH/c1-2-22-13-7-9(16)3-4-12(13)18-15(21)14-10-8-17-6-5-11(10)19-20-14;/h3-4,7,17H,2,5-6,8H2,1H3,(H,18,21)(H,19,20);1H. The van der Waals surface area contributed by atoms with Crippen molar-refractivity contribution >= 4 is 35.6 Å². The Morgan fingerprint density at radius 1 is 1.48 bits per heavy atom. The van der Waals surface area contributed by atoms with Gasteiger partial charge in [-0.2, -0.15) is 5.10 Å². The molecule has 1 aliphatic rings. The van der Waals surface area contributed by atoms with Crippen LogP contribution in [-0.2, 0) is 13.0 Å². The van der Waals surface area contributed by atoms with Crippen molar-refractivity contribution in [2.75, 3.05) is 18.5 Å². The molecule has 1 aliphatic heterocycles. The van der Waals surface area contributed by atoms with E-state index in [1.165, 1.54) is 0 Å². The van der Waals surface area contributed by atoms with Gasteiger partial charge in [-0.1, -0.05) is 11.6 Å². The molecule has 3 rings (SSSR count). The first kappa shape index (κ1) is 17.6. The predicted molar refractivity (Wildman–Crippen MR) is 91.8 cm³/mol. The molecule has 8 heteroatoms. The van der Waals surface area contributed by atoms with Gasteiger partial charge in [0.2, 0.25) is 0 Å². The topological polar surface area (TPSA) is 79.0 Å². The summed E-state index contributed by atoms with van der Waals surface area (Å²) in [5.41, 5.74) is 2.94. The smallest absolute Gasteiger partial charge is 0.276 e. The Balaban J connectivity index is 0.00000192. The molecule has 124 valence electrons. The first-order valence-electron chi connectivity index (χ1n) is 7.19. The Hall–Kier alpha value is -1.76. The fraction of sp³-hybridized carbons (Fsp3) is 0.333. The fourth-order valence-corrected chi connectivity index (χ4v) is 2.63. The lowest BCUT2D eigenvalue weighted by Gasteiger charge is -2.14. The number of aromatic nitrogens is 2. The molecule has 1 aromatic carbocycles. The molecule has 0 bridgehead atoms. The monoisotopic (exact) mass is 356 g/mol. The summed E-state index contributed by atoms with van der Waals surface area (Å²) in [6.45, 7) is 3.91. The summed E-state index contributed by atoms with van der Waals surface area (Å²) in [5, 5.41) is 13.7. The van der Waals surface area contributed by atoms with Gasteiger partial charge in [0, 0.05) is 41.9 Å². The third-order valence-electron chi connectivity index (χ3n) is 3.51. The van der Waals surface area contributed by atoms with Crippen LogP contribution in [0.25, 0.3) is 0 Å². The van der Waals surface area contributed by atoms with Crippen molar-refractivity contribution in [2.24, 2.45) is 0 Å². The molecule has 0 spiro atoms. The highest BCUT2D eigenvalue weighted by Crippen LogP contribution is 2.29. The van der Waals surface area contributed by atoms with Gasteiger partial charge in [0.1, 0.15) is 5.75 Å². The minimum Gasteiger partial charge on any atom is -0.492 e. The first-order valence-corrected chi connectivity index (χ1v) is 7.57. The highest BCUT2D eigenvalue weighted by Gasteiger charge is 2.22. The van der Waals surface area contributed by atoms with Crippen molar-refractivity contribution in [3.05, 3.63) is 40.2 Å². The van der Waals surface area contributed by atoms with Crippen LogP contribution < -0.4 is 15.4 Å². The molecule has 6 nitrogen and oxygen atoms in total. The van der Waals surface area contributed by atoms with E-state index in [2.05, 4.69) is 20.8 Å². The SMILES string of the molecule is CCOc1cc(Cl)ccc1NC(=O)c1n[nH]c2c1CNCC2.Cl. The lowest BCUT2D eigenvalue weighted by Crippen LogP contribution is -2.25. The summed E-state index contributed by atoms with van der Waals surface area (Å²) in [6, 6.07) is 5.12. The number of carbonyl (C=O) groups excluding carboxylic acids is 1. The number of hydrogen-bond acceptors (Lipinski definition) is 4. The minimum atomic E-state index is -0.260. The molecule has 2 heterocycles. The molecule has 1 aromatic heterocycles. The molecular formula is C15H18Cl2N4O2. The summed E-state index contributed by atoms with van der Waals surface area (Å²) in [4.78, 5) is 12.5. The van der Waals surface area contributed by atoms with Crippen molar-refractivity contribution in [3.63, 3.8) is 0 Å². The number of aromatic amines is 1. The van der Waals surface area contributed by atoms with Crippen LogP contribution in [0, 0.1) is 0 Å². The summed E-state index contributed by atoms with van der Waals surface area (Å²) >= 11 is 5.97. The molecule has 0 radical (unpaired) electrons. The van der Waals surface area contributed by atoms with E-state index in [-0.39, 0.29) is 18.3 Å². The lowest BCUT2D eigenvalue weighted by molar-refractivity contribution is 0.102. The van der Waals surface area contributed by atoms with Crippen LogP contribution in [0.1, 0.15) is 28.7 Å². The van der Waals surface area contributed by atoms with E-state index in [1.54, 1.807) is 18.2 Å². The molecule has 1 amide bonds. The van der Waals surface area contributed by atoms with Crippen LogP contribution in [0.5, 0.6) is 5.75 Å². The highest BCUT2D eigenvalue weighted by molar-refractivity contribution is 6.30. The van der Waals surface area contributed by atoms with Crippen LogP contribution in [0.15, 0.2) is 18.2 Å². The van der Waals surface area contributed by atoms with E-state index in [0.29, 0.717) is 35.3 Å². The zero-order chi connectivity index (χ0) is 15.5. The van der Waals surface area contributed by atoms with E-state index in [1.807, 2.05) is 6.92 Å². The average molecular weight is 357 g/mol. The van der Waals surface area contributed by atoms with Gasteiger partial charge in [-0.05, 0) is 19.1 Å². The zero-order valence-corrected chi connectivity index (χ0v) is 14.2. The molecule has 0 atom stereocenters. The molecule has 0 unspecified atom stereocenters. The molecule has 2 aromatic rings. The van der Waals surface area contributed by atoms with Crippen molar-refractivity contribution in [1.29, 1.82) is 0 Å². The second-order valence-corrected chi connectivity index (χ2v) is 5.42. The number of halogens is 2. The van der Waals surface area contributed by atoms with E-state index in [0.717, 1.165) is 24.2 Å². The van der Waals surface area contributed by atoms with Crippen molar-refractivity contribution in [2.45, 2.75) is 19.9 Å². The van der Waals surface area contributed by atoms with Gasteiger partial charge < -0.3 is 15.4 Å². The molecule has 3 N–H and O–H groups in total. The normalized spacial score (nSPS) is 13.0. The molecule has 0 aliphatic carbocycles. The number of hydrogen-bond donors (Lipinski definition) is 3. The van der Waals surface area contributed by atoms with Crippen LogP contribution in [0.4, 0.5) is 5.69 Å². The maximum Gasteiger partial charge on any atom is 0.276 e. The number of amides is 1. The predicted octanol–water partition coefficient (Wildman–Crippen LogP) is 2.78. The van der Waals surface area contributed by atoms with Crippen LogP contribution in [0.2, 0.25) is 5.02 Å². The fourth-order valence-electron chi connectivity index (χ4n) is 2.47. The zero-order valence-electron chi connectivity index (χ0n) is 12.6. The second kappa shape index (κ2) is 7.68. The van der Waals surface area contributed by atoms with E-state index in [4.69, 9.17) is 16.3 Å². The summed E-state index contributed by atoms with van der Waals surface area (Å²) in [5.74, 6) is 0.287. The first-order chi connectivity index (χ1) is 10.7. The number of H-pyrrole nitrogens is 1. The van der Waals surface area contributed by atoms with Gasteiger partial charge in [0.15, 0.2) is 5.69 Å². The number of ether oxygens (including phenoxy) is 1. The van der Waals surface area contributed by atoms with Gasteiger partial charge in [-0.15, -0.1) is 12.4 Å². The van der Waals surface area contributed by atoms with E-state index < -0.39 is 0 Å². The van der Waals surface area contributed by atoms with Crippen LogP contribution in [0.3, 0.4) is 0 Å². The molecule has 0 saturated carbocycles. The molecule has 0 fully saturated rings. The Labute approximate surface area is 145 Å². The maximum absolute atomic E-state index is 12.5. The van der Waals surface area contributed by atoms with Gasteiger partial charge in [-0.25, -0.2) is 0 Å². The summed E-state index contributed by atoms with van der Waals surface area (Å²) in [6.07, 6.45) is 0.848. The van der Waals surface area contributed by atoms with Crippen molar-refractivity contribution in [3.8, 4) is 5.75 Å². The molecular weight excluding hydrogens is 339 g/mol. The van der Waals surface area contributed by atoms with Crippen LogP contribution in [-0.4, -0.2) is 29.3 Å². The third-order valence-corrected chi connectivity index (χ3v) is 3.75. The summed E-state index contributed by atoms with van der Waals surface area (Å²) in [7, 11) is 0. The van der Waals surface area contributed by atoms with E-state index >= 15 is 0 Å². The Kier molecular flexibility index (Phi) is 5.87. The maximum atomic E-state index is 12.5. The van der Waals surface area contributed by atoms with Crippen molar-refractivity contribution in [1.82, 2.24) is 15.5 Å². The number of anilines is 1. The van der Waals surface area contributed by atoms with Gasteiger partial charge in [0.05, 0.1) is 12.3 Å². The minimum absolute atomic E-state index is 0. The molecule has 0 saturated heterocycles. The van der Waals surface area contributed by atoms with Crippen LogP contribution >= 0.6 is 24.0 Å². The lowest BCUT2D eigenvalue weighted by atomic mass is 10.1. The Morgan fingerprint density at radius 3 is 3.09 bits per heavy atom.